The van der Waals surface area contributed by atoms with Gasteiger partial charge in [-0.1, -0.05) is 44.2 Å². The van der Waals surface area contributed by atoms with E-state index in [1.165, 1.54) is 0 Å². The SMILES string of the molecule is C[C@@H](c1ccccc1)N1OC(=O)C[C@@H]1C(C)(C)CO. The van der Waals surface area contributed by atoms with E-state index in [2.05, 4.69) is 0 Å². The highest BCUT2D eigenvalue weighted by atomic mass is 16.7. The molecule has 2 rings (SSSR count). The molecule has 0 amide bonds. The zero-order chi connectivity index (χ0) is 14.0. The fourth-order valence-electron chi connectivity index (χ4n) is 2.42. The summed E-state index contributed by atoms with van der Waals surface area (Å²) in [6.45, 7) is 5.93. The van der Waals surface area contributed by atoms with Gasteiger partial charge in [-0.05, 0) is 12.5 Å². The first-order chi connectivity index (χ1) is 8.95. The monoisotopic (exact) mass is 263 g/mol. The van der Waals surface area contributed by atoms with Crippen molar-refractivity contribution in [3.63, 3.8) is 0 Å². The van der Waals surface area contributed by atoms with Gasteiger partial charge in [0.15, 0.2) is 0 Å². The lowest BCUT2D eigenvalue weighted by Gasteiger charge is -2.36. The Bertz CT molecular complexity index is 444. The molecule has 1 N–H and O–H groups in total. The van der Waals surface area contributed by atoms with Crippen LogP contribution in [0.15, 0.2) is 30.3 Å². The molecule has 1 heterocycles. The van der Waals surface area contributed by atoms with Crippen LogP contribution in [-0.2, 0) is 9.63 Å². The fraction of sp³-hybridized carbons (Fsp3) is 0.533. The summed E-state index contributed by atoms with van der Waals surface area (Å²) in [5.74, 6) is -0.227. The topological polar surface area (TPSA) is 49.8 Å². The third-order valence-electron chi connectivity index (χ3n) is 3.85. The molecule has 1 aliphatic heterocycles. The second kappa shape index (κ2) is 5.31. The summed E-state index contributed by atoms with van der Waals surface area (Å²) in [4.78, 5) is 17.0. The molecule has 1 aromatic rings. The first-order valence-electron chi connectivity index (χ1n) is 6.60. The van der Waals surface area contributed by atoms with E-state index in [0.29, 0.717) is 6.42 Å². The van der Waals surface area contributed by atoms with Gasteiger partial charge in [-0.2, -0.15) is 0 Å². The normalized spacial score (nSPS) is 22.3. The van der Waals surface area contributed by atoms with Crippen LogP contribution >= 0.6 is 0 Å². The van der Waals surface area contributed by atoms with E-state index in [4.69, 9.17) is 4.84 Å². The van der Waals surface area contributed by atoms with Crippen LogP contribution < -0.4 is 0 Å². The molecule has 1 fully saturated rings. The van der Waals surface area contributed by atoms with Gasteiger partial charge in [0.05, 0.1) is 18.5 Å². The first-order valence-corrected chi connectivity index (χ1v) is 6.60. The molecular formula is C15H21NO3. The Hall–Kier alpha value is -1.39. The molecule has 104 valence electrons. The van der Waals surface area contributed by atoms with Crippen molar-refractivity contribution in [1.82, 2.24) is 5.06 Å². The Labute approximate surface area is 113 Å². The van der Waals surface area contributed by atoms with E-state index in [-0.39, 0.29) is 30.1 Å². The number of aliphatic hydroxyl groups is 1. The van der Waals surface area contributed by atoms with E-state index in [1.807, 2.05) is 51.1 Å². The Morgan fingerprint density at radius 3 is 2.63 bits per heavy atom. The Balaban J connectivity index is 2.24. The molecule has 0 unspecified atom stereocenters. The van der Waals surface area contributed by atoms with Crippen LogP contribution in [0.4, 0.5) is 0 Å². The number of benzene rings is 1. The quantitative estimate of drug-likeness (QED) is 0.905. The minimum atomic E-state index is -0.380. The van der Waals surface area contributed by atoms with Crippen LogP contribution in [0.5, 0.6) is 0 Å². The molecule has 4 heteroatoms. The van der Waals surface area contributed by atoms with Gasteiger partial charge >= 0.3 is 5.97 Å². The molecule has 0 saturated carbocycles. The molecule has 4 nitrogen and oxygen atoms in total. The number of nitrogens with zero attached hydrogens (tertiary/aromatic N) is 1. The lowest BCUT2D eigenvalue weighted by Crippen LogP contribution is -2.43. The minimum absolute atomic E-state index is 0.0202. The zero-order valence-electron chi connectivity index (χ0n) is 11.7. The largest absolute Gasteiger partial charge is 0.396 e. The summed E-state index contributed by atoms with van der Waals surface area (Å²) in [6, 6.07) is 9.79. The van der Waals surface area contributed by atoms with E-state index in [0.717, 1.165) is 5.56 Å². The van der Waals surface area contributed by atoms with E-state index in [1.54, 1.807) is 5.06 Å². The van der Waals surface area contributed by atoms with Gasteiger partial charge < -0.3 is 9.94 Å². The Morgan fingerprint density at radius 1 is 1.42 bits per heavy atom. The number of rotatable bonds is 4. The maximum atomic E-state index is 11.6. The van der Waals surface area contributed by atoms with E-state index in [9.17, 15) is 9.90 Å². The highest BCUT2D eigenvalue weighted by Crippen LogP contribution is 2.37. The zero-order valence-corrected chi connectivity index (χ0v) is 11.7. The lowest BCUT2D eigenvalue weighted by atomic mass is 9.83. The van der Waals surface area contributed by atoms with Gasteiger partial charge in [0.1, 0.15) is 0 Å². The van der Waals surface area contributed by atoms with Gasteiger partial charge in [-0.25, -0.2) is 0 Å². The molecule has 0 bridgehead atoms. The third kappa shape index (κ3) is 2.80. The molecule has 0 radical (unpaired) electrons. The van der Waals surface area contributed by atoms with Crippen LogP contribution in [0.2, 0.25) is 0 Å². The van der Waals surface area contributed by atoms with E-state index >= 15 is 0 Å². The summed E-state index contributed by atoms with van der Waals surface area (Å²) < 4.78 is 0. The molecule has 0 aliphatic carbocycles. The van der Waals surface area contributed by atoms with Crippen molar-refractivity contribution in [2.75, 3.05) is 6.61 Å². The predicted molar refractivity (Wildman–Crippen MR) is 72.1 cm³/mol. The molecule has 0 aromatic heterocycles. The summed E-state index contributed by atoms with van der Waals surface area (Å²) in [5.41, 5.74) is 0.714. The average Bonchev–Trinajstić information content (AvgIpc) is 2.82. The van der Waals surface area contributed by atoms with Crippen LogP contribution in [0.1, 0.15) is 38.8 Å². The Kier molecular flexibility index (Phi) is 3.92. The predicted octanol–water partition coefficient (Wildman–Crippen LogP) is 2.30. The fourth-order valence-corrected chi connectivity index (χ4v) is 2.42. The highest BCUT2D eigenvalue weighted by molar-refractivity contribution is 5.71. The number of hydrogen-bond donors (Lipinski definition) is 1. The van der Waals surface area contributed by atoms with Crippen LogP contribution in [0.3, 0.4) is 0 Å². The summed E-state index contributed by atoms with van der Waals surface area (Å²) in [5, 5.41) is 11.2. The van der Waals surface area contributed by atoms with Crippen molar-refractivity contribution in [2.24, 2.45) is 5.41 Å². The average molecular weight is 263 g/mol. The maximum Gasteiger partial charge on any atom is 0.326 e. The number of carbonyl (C=O) groups is 1. The first kappa shape index (κ1) is 14.0. The van der Waals surface area contributed by atoms with Crippen molar-refractivity contribution in [2.45, 2.75) is 39.3 Å². The van der Waals surface area contributed by atoms with Crippen molar-refractivity contribution in [1.29, 1.82) is 0 Å². The molecule has 2 atom stereocenters. The molecule has 1 saturated heterocycles. The van der Waals surface area contributed by atoms with Crippen molar-refractivity contribution < 1.29 is 14.7 Å². The lowest BCUT2D eigenvalue weighted by molar-refractivity contribution is -0.195. The maximum absolute atomic E-state index is 11.6. The van der Waals surface area contributed by atoms with Crippen LogP contribution in [0.25, 0.3) is 0 Å². The van der Waals surface area contributed by atoms with Gasteiger partial charge in [0, 0.05) is 12.0 Å². The number of aliphatic hydroxyl groups excluding tert-OH is 1. The third-order valence-corrected chi connectivity index (χ3v) is 3.85. The molecule has 1 aromatic carbocycles. The second-order valence-electron chi connectivity index (χ2n) is 5.78. The number of hydrogen-bond acceptors (Lipinski definition) is 4. The van der Waals surface area contributed by atoms with Crippen molar-refractivity contribution in [3.05, 3.63) is 35.9 Å². The van der Waals surface area contributed by atoms with Crippen LogP contribution in [0, 0.1) is 5.41 Å². The van der Waals surface area contributed by atoms with Crippen LogP contribution in [-0.4, -0.2) is 28.8 Å². The summed E-state index contributed by atoms with van der Waals surface area (Å²) >= 11 is 0. The van der Waals surface area contributed by atoms with Gasteiger partial charge in [0.2, 0.25) is 0 Å². The molecule has 1 aliphatic rings. The molecule has 19 heavy (non-hydrogen) atoms. The summed E-state index contributed by atoms with van der Waals surface area (Å²) in [6.07, 6.45) is 0.324. The van der Waals surface area contributed by atoms with Crippen molar-refractivity contribution in [3.8, 4) is 0 Å². The molecule has 0 spiro atoms. The second-order valence-corrected chi connectivity index (χ2v) is 5.78. The van der Waals surface area contributed by atoms with Gasteiger partial charge in [0.25, 0.3) is 0 Å². The van der Waals surface area contributed by atoms with Gasteiger partial charge in [-0.3, -0.25) is 4.79 Å². The number of hydroxylamine groups is 2. The highest BCUT2D eigenvalue weighted by Gasteiger charge is 2.45. The van der Waals surface area contributed by atoms with E-state index < -0.39 is 0 Å². The van der Waals surface area contributed by atoms with Crippen molar-refractivity contribution >= 4 is 5.97 Å². The summed E-state index contributed by atoms with van der Waals surface area (Å²) in [7, 11) is 0. The smallest absolute Gasteiger partial charge is 0.326 e. The Morgan fingerprint density at radius 2 is 2.05 bits per heavy atom. The van der Waals surface area contributed by atoms with Gasteiger partial charge in [-0.15, -0.1) is 5.06 Å². The number of carbonyl (C=O) groups excluding carboxylic acids is 1. The molecular weight excluding hydrogens is 242 g/mol. The minimum Gasteiger partial charge on any atom is -0.396 e. The standard InChI is InChI=1S/C15H21NO3/c1-11(12-7-5-4-6-8-12)16-13(9-14(18)19-16)15(2,3)10-17/h4-8,11,13,17H,9-10H2,1-3H3/t11-,13+/m0/s1.